The minimum atomic E-state index is -4.64. The van der Waals surface area contributed by atoms with Crippen LogP contribution < -0.4 is 0 Å². The molecule has 0 bridgehead atoms. The molecule has 0 amide bonds. The van der Waals surface area contributed by atoms with Gasteiger partial charge < -0.3 is 0 Å². The van der Waals surface area contributed by atoms with Gasteiger partial charge in [-0.2, -0.15) is 31.4 Å². The summed E-state index contributed by atoms with van der Waals surface area (Å²) in [6.07, 6.45) is -9.08. The number of carbonyl (C=O) groups excluding carboxylic acids is 1. The summed E-state index contributed by atoms with van der Waals surface area (Å²) in [7, 11) is 1.30. The zero-order chi connectivity index (χ0) is 19.0. The third kappa shape index (κ3) is 4.77. The van der Waals surface area contributed by atoms with E-state index in [9.17, 15) is 31.1 Å². The Kier molecular flexibility index (Phi) is 5.22. The molecule has 1 heterocycles. The Morgan fingerprint density at radius 3 is 2.28 bits per heavy atom. The largest absolute Gasteiger partial charge is 0.435 e. The minimum Gasteiger partial charge on any atom is -0.294 e. The number of benzene rings is 1. The molecule has 1 aromatic carbocycles. The van der Waals surface area contributed by atoms with E-state index in [1.807, 2.05) is 0 Å². The van der Waals surface area contributed by atoms with E-state index in [4.69, 9.17) is 0 Å². The van der Waals surface area contributed by atoms with Crippen molar-refractivity contribution in [2.24, 2.45) is 7.05 Å². The van der Waals surface area contributed by atoms with Crippen molar-refractivity contribution < 1.29 is 31.1 Å². The maximum atomic E-state index is 12.7. The van der Waals surface area contributed by atoms with Gasteiger partial charge in [-0.3, -0.25) is 9.48 Å². The van der Waals surface area contributed by atoms with Gasteiger partial charge in [0.2, 0.25) is 0 Å². The molecular weight excluding hydrogens is 370 g/mol. The van der Waals surface area contributed by atoms with Gasteiger partial charge >= 0.3 is 12.4 Å². The number of carbonyl (C=O) groups is 1. The highest BCUT2D eigenvalue weighted by atomic mass is 32.2. The van der Waals surface area contributed by atoms with Crippen LogP contribution in [0, 0.1) is 0 Å². The average molecular weight is 382 g/mol. The van der Waals surface area contributed by atoms with Gasteiger partial charge in [-0.1, -0.05) is 6.07 Å². The molecule has 0 fully saturated rings. The number of hydrogen-bond donors (Lipinski definition) is 0. The van der Waals surface area contributed by atoms with Crippen LogP contribution in [0.5, 0.6) is 0 Å². The summed E-state index contributed by atoms with van der Waals surface area (Å²) in [5.41, 5.74) is -0.710. The van der Waals surface area contributed by atoms with Crippen molar-refractivity contribution >= 4 is 17.5 Å². The van der Waals surface area contributed by atoms with Gasteiger partial charge in [0.15, 0.2) is 11.5 Å². The highest BCUT2D eigenvalue weighted by molar-refractivity contribution is 7.99. The molecule has 0 aliphatic rings. The second-order valence-electron chi connectivity index (χ2n) is 5.21. The van der Waals surface area contributed by atoms with E-state index >= 15 is 0 Å². The summed E-state index contributed by atoms with van der Waals surface area (Å²) in [5, 5.41) is 3.37. The SMILES string of the molecule is CC(=O)c1ccc(-c2cc(C(F)(F)F)nn2C)cc1SCC(F)(F)F. The Balaban J connectivity index is 2.46. The van der Waals surface area contributed by atoms with E-state index in [2.05, 4.69) is 5.10 Å². The smallest absolute Gasteiger partial charge is 0.294 e. The topological polar surface area (TPSA) is 34.9 Å². The fourth-order valence-corrected chi connectivity index (χ4v) is 3.02. The second kappa shape index (κ2) is 6.74. The fourth-order valence-electron chi connectivity index (χ4n) is 2.13. The number of aryl methyl sites for hydroxylation is 1. The Morgan fingerprint density at radius 1 is 1.16 bits per heavy atom. The number of hydrogen-bond acceptors (Lipinski definition) is 3. The highest BCUT2D eigenvalue weighted by Gasteiger charge is 2.35. The number of halogens is 6. The minimum absolute atomic E-state index is 0.0529. The van der Waals surface area contributed by atoms with E-state index in [0.29, 0.717) is 11.8 Å². The molecule has 0 spiro atoms. The number of Topliss-reactive ketones (excluding diaryl/α,β-unsaturated/α-hetero) is 1. The molecule has 10 heteroatoms. The van der Waals surface area contributed by atoms with Crippen LogP contribution in [0.1, 0.15) is 23.0 Å². The van der Waals surface area contributed by atoms with Crippen molar-refractivity contribution in [2.75, 3.05) is 5.75 Å². The van der Waals surface area contributed by atoms with Crippen LogP contribution in [0.2, 0.25) is 0 Å². The maximum absolute atomic E-state index is 12.7. The standard InChI is InChI=1S/C15H12F6N2OS/c1-8(24)10-4-3-9(5-12(10)25-7-14(16,17)18)11-6-13(15(19,20)21)22-23(11)2/h3-6H,7H2,1-2H3. The van der Waals surface area contributed by atoms with Crippen molar-refractivity contribution in [3.05, 3.63) is 35.5 Å². The van der Waals surface area contributed by atoms with Crippen LogP contribution in [0.25, 0.3) is 11.3 Å². The first-order valence-corrected chi connectivity index (χ1v) is 7.83. The highest BCUT2D eigenvalue weighted by Crippen LogP contribution is 2.35. The van der Waals surface area contributed by atoms with Gasteiger partial charge in [0.1, 0.15) is 0 Å². The lowest BCUT2D eigenvalue weighted by atomic mass is 10.1. The first-order valence-electron chi connectivity index (χ1n) is 6.84. The summed E-state index contributed by atoms with van der Waals surface area (Å²) in [4.78, 5) is 11.6. The molecule has 0 radical (unpaired) electrons. The molecule has 0 saturated carbocycles. The Hall–Kier alpha value is -1.97. The zero-order valence-corrected chi connectivity index (χ0v) is 13.8. The third-order valence-corrected chi connectivity index (χ3v) is 4.34. The molecule has 136 valence electrons. The molecule has 1 aromatic heterocycles. The molecule has 0 unspecified atom stereocenters. The Labute approximate surface area is 143 Å². The number of nitrogens with zero attached hydrogens (tertiary/aromatic N) is 2. The molecule has 2 aromatic rings. The first kappa shape index (κ1) is 19.4. The van der Waals surface area contributed by atoms with Gasteiger partial charge in [-0.25, -0.2) is 0 Å². The molecule has 0 atom stereocenters. The molecule has 3 nitrogen and oxygen atoms in total. The number of aromatic nitrogens is 2. The molecule has 0 aliphatic heterocycles. The molecule has 25 heavy (non-hydrogen) atoms. The van der Waals surface area contributed by atoms with Crippen LogP contribution in [0.15, 0.2) is 29.2 Å². The van der Waals surface area contributed by atoms with Gasteiger partial charge in [-0.05, 0) is 25.1 Å². The van der Waals surface area contributed by atoms with Crippen molar-refractivity contribution in [2.45, 2.75) is 24.2 Å². The lowest BCUT2D eigenvalue weighted by Gasteiger charge is -2.11. The number of rotatable bonds is 4. The lowest BCUT2D eigenvalue weighted by molar-refractivity contribution is -0.141. The zero-order valence-electron chi connectivity index (χ0n) is 13.0. The number of thioether (sulfide) groups is 1. The third-order valence-electron chi connectivity index (χ3n) is 3.22. The summed E-state index contributed by atoms with van der Waals surface area (Å²) in [5.74, 6) is -1.65. The summed E-state index contributed by atoms with van der Waals surface area (Å²) >= 11 is 0.412. The lowest BCUT2D eigenvalue weighted by Crippen LogP contribution is -2.11. The Bertz CT molecular complexity index is 794. The summed E-state index contributed by atoms with van der Waals surface area (Å²) in [6.45, 7) is 1.21. The molecule has 0 N–H and O–H groups in total. The van der Waals surface area contributed by atoms with Crippen LogP contribution >= 0.6 is 11.8 Å². The van der Waals surface area contributed by atoms with Crippen LogP contribution in [-0.4, -0.2) is 27.5 Å². The Morgan fingerprint density at radius 2 is 1.80 bits per heavy atom. The van der Waals surface area contributed by atoms with Crippen molar-refractivity contribution in [1.82, 2.24) is 9.78 Å². The monoisotopic (exact) mass is 382 g/mol. The fraction of sp³-hybridized carbons (Fsp3) is 0.333. The molecule has 0 aliphatic carbocycles. The van der Waals surface area contributed by atoms with Gasteiger partial charge in [0, 0.05) is 23.1 Å². The molecular formula is C15H12F6N2OS. The van der Waals surface area contributed by atoms with E-state index < -0.39 is 29.6 Å². The van der Waals surface area contributed by atoms with Crippen LogP contribution in [-0.2, 0) is 13.2 Å². The predicted molar refractivity (Wildman–Crippen MR) is 80.4 cm³/mol. The predicted octanol–water partition coefficient (Wildman–Crippen LogP) is 4.96. The normalized spacial score (nSPS) is 12.5. The van der Waals surface area contributed by atoms with E-state index in [1.54, 1.807) is 0 Å². The summed E-state index contributed by atoms with van der Waals surface area (Å²) < 4.78 is 76.6. The van der Waals surface area contributed by atoms with Gasteiger partial charge in [0.25, 0.3) is 0 Å². The molecule has 2 rings (SSSR count). The van der Waals surface area contributed by atoms with Crippen molar-refractivity contribution in [3.63, 3.8) is 0 Å². The quantitative estimate of drug-likeness (QED) is 0.426. The van der Waals surface area contributed by atoms with Crippen LogP contribution in [0.3, 0.4) is 0 Å². The average Bonchev–Trinajstić information content (AvgIpc) is 2.86. The van der Waals surface area contributed by atoms with E-state index in [0.717, 1.165) is 10.7 Å². The number of ketones is 1. The van der Waals surface area contributed by atoms with Crippen LogP contribution in [0.4, 0.5) is 26.3 Å². The maximum Gasteiger partial charge on any atom is 0.435 e. The first-order chi connectivity index (χ1) is 11.4. The number of alkyl halides is 6. The van der Waals surface area contributed by atoms with Crippen molar-refractivity contribution in [3.8, 4) is 11.3 Å². The van der Waals surface area contributed by atoms with Gasteiger partial charge in [-0.15, -0.1) is 11.8 Å². The molecule has 0 saturated heterocycles. The van der Waals surface area contributed by atoms with Gasteiger partial charge in [0.05, 0.1) is 11.4 Å². The van der Waals surface area contributed by atoms with Crippen molar-refractivity contribution in [1.29, 1.82) is 0 Å². The van der Waals surface area contributed by atoms with E-state index in [-0.39, 0.29) is 21.7 Å². The summed E-state index contributed by atoms with van der Waals surface area (Å²) in [6, 6.07) is 4.76. The van der Waals surface area contributed by atoms with E-state index in [1.165, 1.54) is 32.2 Å². The second-order valence-corrected chi connectivity index (χ2v) is 6.22.